The van der Waals surface area contributed by atoms with Crippen LogP contribution in [0.4, 0.5) is 0 Å². The lowest BCUT2D eigenvalue weighted by molar-refractivity contribution is 0.0940. The Bertz CT molecular complexity index is 1100. The summed E-state index contributed by atoms with van der Waals surface area (Å²) < 4.78 is 0. The Hall–Kier alpha value is -3.55. The average molecular weight is 355 g/mol. The first-order chi connectivity index (χ1) is 12.3. The zero-order valence-electron chi connectivity index (χ0n) is 13.9. The highest BCUT2D eigenvalue weighted by Gasteiger charge is 2.12. The van der Waals surface area contributed by atoms with Crippen LogP contribution in [-0.4, -0.2) is 32.1 Å². The predicted octanol–water partition coefficient (Wildman–Crippen LogP) is 0.989. The van der Waals surface area contributed by atoms with Crippen LogP contribution in [0.1, 0.15) is 22.8 Å². The minimum atomic E-state index is -0.782. The lowest BCUT2D eigenvalue weighted by Crippen LogP contribution is -2.34. The first-order valence-corrected chi connectivity index (χ1v) is 7.91. The van der Waals surface area contributed by atoms with E-state index < -0.39 is 11.1 Å². The average Bonchev–Trinajstić information content (AvgIpc) is 2.58. The van der Waals surface area contributed by atoms with Crippen molar-refractivity contribution in [3.05, 3.63) is 68.2 Å². The molecule has 8 nitrogen and oxygen atoms in total. The molecule has 0 aliphatic carbocycles. The minimum Gasteiger partial charge on any atom is -0.504 e. The summed E-state index contributed by atoms with van der Waals surface area (Å²) in [5.41, 5.74) is 0.349. The fraction of sp³-hybridized carbons (Fsp3) is 0.167. The summed E-state index contributed by atoms with van der Waals surface area (Å²) in [4.78, 5) is 40.0. The van der Waals surface area contributed by atoms with Crippen molar-refractivity contribution >= 4 is 16.9 Å². The van der Waals surface area contributed by atoms with E-state index >= 15 is 0 Å². The summed E-state index contributed by atoms with van der Waals surface area (Å²) >= 11 is 0. The van der Waals surface area contributed by atoms with Crippen LogP contribution in [0.5, 0.6) is 11.5 Å². The maximum absolute atomic E-state index is 12.4. The molecule has 0 radical (unpaired) electrons. The number of fused-ring (bicyclic) bond motifs is 1. The van der Waals surface area contributed by atoms with E-state index in [-0.39, 0.29) is 23.4 Å². The molecule has 1 unspecified atom stereocenters. The Morgan fingerprint density at radius 3 is 2.38 bits per heavy atom. The van der Waals surface area contributed by atoms with Crippen molar-refractivity contribution in [2.75, 3.05) is 0 Å². The second kappa shape index (κ2) is 6.75. The van der Waals surface area contributed by atoms with Gasteiger partial charge in [-0.25, -0.2) is 0 Å². The third-order valence-electron chi connectivity index (χ3n) is 3.94. The number of rotatable bonds is 4. The van der Waals surface area contributed by atoms with E-state index in [9.17, 15) is 24.6 Å². The molecule has 5 N–H and O–H groups in total. The summed E-state index contributed by atoms with van der Waals surface area (Å²) in [6.45, 7) is 1.81. The second-order valence-corrected chi connectivity index (χ2v) is 6.07. The summed E-state index contributed by atoms with van der Waals surface area (Å²) in [6.07, 6.45) is 0.456. The molecular formula is C18H17N3O5. The van der Waals surface area contributed by atoms with Gasteiger partial charge in [0, 0.05) is 11.6 Å². The fourth-order valence-corrected chi connectivity index (χ4v) is 2.66. The molecule has 0 fully saturated rings. The number of phenols is 2. The number of aromatic nitrogens is 2. The van der Waals surface area contributed by atoms with Crippen molar-refractivity contribution in [2.24, 2.45) is 0 Å². The second-order valence-electron chi connectivity index (χ2n) is 6.07. The molecule has 3 rings (SSSR count). The molecule has 0 saturated carbocycles. The third-order valence-corrected chi connectivity index (χ3v) is 3.94. The Balaban J connectivity index is 1.75. The first-order valence-electron chi connectivity index (χ1n) is 7.91. The molecule has 1 heterocycles. The van der Waals surface area contributed by atoms with E-state index in [1.807, 2.05) is 6.92 Å². The van der Waals surface area contributed by atoms with E-state index in [2.05, 4.69) is 15.3 Å². The highest BCUT2D eigenvalue weighted by Crippen LogP contribution is 2.25. The molecule has 0 spiro atoms. The molecule has 0 aliphatic rings. The molecule has 26 heavy (non-hydrogen) atoms. The SMILES string of the molecule is CC(Cc1ccc(O)c(O)c1)NC(=O)c1ccc2[nH]c(=O)c(=O)[nH]c2c1. The Labute approximate surface area is 147 Å². The number of hydrogen-bond donors (Lipinski definition) is 5. The molecule has 3 aromatic rings. The molecular weight excluding hydrogens is 338 g/mol. The summed E-state index contributed by atoms with van der Waals surface area (Å²) in [5.74, 6) is -0.753. The monoisotopic (exact) mass is 355 g/mol. The van der Waals surface area contributed by atoms with Crippen LogP contribution >= 0.6 is 0 Å². The van der Waals surface area contributed by atoms with E-state index in [0.717, 1.165) is 5.56 Å². The van der Waals surface area contributed by atoms with Gasteiger partial charge in [0.2, 0.25) is 0 Å². The van der Waals surface area contributed by atoms with Crippen molar-refractivity contribution < 1.29 is 15.0 Å². The van der Waals surface area contributed by atoms with Gasteiger partial charge in [-0.1, -0.05) is 6.07 Å². The third kappa shape index (κ3) is 3.59. The number of carbonyl (C=O) groups excluding carboxylic acids is 1. The zero-order chi connectivity index (χ0) is 18.8. The van der Waals surface area contributed by atoms with Crippen molar-refractivity contribution in [1.29, 1.82) is 0 Å². The van der Waals surface area contributed by atoms with E-state index in [0.29, 0.717) is 23.0 Å². The van der Waals surface area contributed by atoms with Gasteiger partial charge in [-0.05, 0) is 49.2 Å². The van der Waals surface area contributed by atoms with E-state index in [4.69, 9.17) is 0 Å². The lowest BCUT2D eigenvalue weighted by atomic mass is 10.1. The van der Waals surface area contributed by atoms with E-state index in [1.54, 1.807) is 18.2 Å². The number of benzene rings is 2. The Morgan fingerprint density at radius 2 is 1.69 bits per heavy atom. The number of phenolic OH excluding ortho intramolecular Hbond substituents is 2. The molecule has 134 valence electrons. The molecule has 1 atom stereocenters. The predicted molar refractivity (Wildman–Crippen MR) is 95.6 cm³/mol. The summed E-state index contributed by atoms with van der Waals surface area (Å²) in [6, 6.07) is 8.83. The van der Waals surface area contributed by atoms with Crippen molar-refractivity contribution in [3.8, 4) is 11.5 Å². The maximum atomic E-state index is 12.4. The van der Waals surface area contributed by atoms with Gasteiger partial charge in [0.25, 0.3) is 5.91 Å². The molecule has 0 aliphatic heterocycles. The van der Waals surface area contributed by atoms with Crippen molar-refractivity contribution in [1.82, 2.24) is 15.3 Å². The van der Waals surface area contributed by atoms with E-state index in [1.165, 1.54) is 18.2 Å². The van der Waals surface area contributed by atoms with Gasteiger partial charge < -0.3 is 25.5 Å². The zero-order valence-corrected chi connectivity index (χ0v) is 13.9. The molecule has 0 bridgehead atoms. The van der Waals surface area contributed by atoms with Crippen LogP contribution in [0.3, 0.4) is 0 Å². The van der Waals surface area contributed by atoms with Gasteiger partial charge in [-0.3, -0.25) is 14.4 Å². The quantitative estimate of drug-likeness (QED) is 0.351. The van der Waals surface area contributed by atoms with Crippen molar-refractivity contribution in [3.63, 3.8) is 0 Å². The molecule has 1 amide bonds. The maximum Gasteiger partial charge on any atom is 0.314 e. The van der Waals surface area contributed by atoms with Gasteiger partial charge in [0.05, 0.1) is 11.0 Å². The number of aromatic hydroxyl groups is 2. The largest absolute Gasteiger partial charge is 0.504 e. The van der Waals surface area contributed by atoms with Crippen LogP contribution in [0.15, 0.2) is 46.0 Å². The number of carbonyl (C=O) groups is 1. The van der Waals surface area contributed by atoms with Gasteiger partial charge in [0.1, 0.15) is 0 Å². The van der Waals surface area contributed by atoms with Gasteiger partial charge in [-0.2, -0.15) is 0 Å². The minimum absolute atomic E-state index is 0.200. The number of hydrogen-bond acceptors (Lipinski definition) is 5. The highest BCUT2D eigenvalue weighted by atomic mass is 16.3. The Morgan fingerprint density at radius 1 is 1.00 bits per heavy atom. The number of nitrogens with one attached hydrogen (secondary N) is 3. The fourth-order valence-electron chi connectivity index (χ4n) is 2.66. The van der Waals surface area contributed by atoms with Crippen LogP contribution in [-0.2, 0) is 6.42 Å². The van der Waals surface area contributed by atoms with Crippen LogP contribution in [0.25, 0.3) is 11.0 Å². The normalized spacial score (nSPS) is 12.0. The molecule has 0 saturated heterocycles. The number of aromatic amines is 2. The summed E-state index contributed by atoms with van der Waals surface area (Å²) in [5, 5.41) is 21.7. The molecule has 8 heteroatoms. The lowest BCUT2D eigenvalue weighted by Gasteiger charge is -2.14. The Kier molecular flexibility index (Phi) is 4.49. The molecule has 1 aromatic heterocycles. The van der Waals surface area contributed by atoms with Crippen LogP contribution in [0.2, 0.25) is 0 Å². The molecule has 2 aromatic carbocycles. The van der Waals surface area contributed by atoms with Crippen LogP contribution < -0.4 is 16.4 Å². The topological polar surface area (TPSA) is 135 Å². The standard InChI is InChI=1S/C18H17N3O5/c1-9(6-10-2-5-14(22)15(23)7-10)19-16(24)11-3-4-12-13(8-11)21-18(26)17(25)20-12/h2-5,7-9,22-23H,6H2,1H3,(H,19,24)(H,20,25)(H,21,26). The van der Waals surface area contributed by atoms with Gasteiger partial charge in [-0.15, -0.1) is 0 Å². The summed E-state index contributed by atoms with van der Waals surface area (Å²) in [7, 11) is 0. The van der Waals surface area contributed by atoms with Crippen LogP contribution in [0, 0.1) is 0 Å². The van der Waals surface area contributed by atoms with Crippen molar-refractivity contribution in [2.45, 2.75) is 19.4 Å². The number of H-pyrrole nitrogens is 2. The highest BCUT2D eigenvalue weighted by molar-refractivity contribution is 5.97. The van der Waals surface area contributed by atoms with Gasteiger partial charge >= 0.3 is 11.1 Å². The first kappa shape index (κ1) is 17.3. The smallest absolute Gasteiger partial charge is 0.314 e. The number of amides is 1. The van der Waals surface area contributed by atoms with Gasteiger partial charge in [0.15, 0.2) is 11.5 Å².